The van der Waals surface area contributed by atoms with Crippen LogP contribution >= 0.6 is 11.8 Å². The van der Waals surface area contributed by atoms with E-state index in [9.17, 15) is 9.90 Å². The van der Waals surface area contributed by atoms with Crippen molar-refractivity contribution in [1.29, 1.82) is 0 Å². The Hall–Kier alpha value is -1.20. The van der Waals surface area contributed by atoms with E-state index in [1.807, 2.05) is 30.0 Å². The summed E-state index contributed by atoms with van der Waals surface area (Å²) in [6.45, 7) is 2.10. The highest BCUT2D eigenvalue weighted by atomic mass is 32.2. The van der Waals surface area contributed by atoms with Crippen LogP contribution in [0.25, 0.3) is 0 Å². The predicted molar refractivity (Wildman–Crippen MR) is 74.2 cm³/mol. The number of thioether (sulfide) groups is 1. The molecule has 2 aliphatic heterocycles. The Bertz CT molecular complexity index is 470. The number of fused-ring (bicyclic) bond motifs is 1. The molecule has 2 heterocycles. The van der Waals surface area contributed by atoms with Crippen molar-refractivity contribution in [2.45, 2.75) is 12.5 Å². The molecular weight excluding hydrogens is 248 g/mol. The zero-order valence-electron chi connectivity index (χ0n) is 10.1. The fourth-order valence-electron chi connectivity index (χ4n) is 2.43. The fourth-order valence-corrected chi connectivity index (χ4v) is 3.32. The summed E-state index contributed by atoms with van der Waals surface area (Å²) < 4.78 is 0. The van der Waals surface area contributed by atoms with Crippen LogP contribution in [0.5, 0.6) is 0 Å². The fraction of sp³-hybridized carbons (Fsp3) is 0.462. The van der Waals surface area contributed by atoms with Gasteiger partial charge in [-0.3, -0.25) is 4.79 Å². The summed E-state index contributed by atoms with van der Waals surface area (Å²) in [5.74, 6) is 2.04. The van der Waals surface area contributed by atoms with Crippen LogP contribution < -0.4 is 10.2 Å². The number of amides is 1. The molecule has 0 radical (unpaired) electrons. The van der Waals surface area contributed by atoms with E-state index in [2.05, 4.69) is 10.2 Å². The minimum atomic E-state index is -1.01. The summed E-state index contributed by atoms with van der Waals surface area (Å²) in [7, 11) is 0. The maximum Gasteiger partial charge on any atom is 0.257 e. The van der Waals surface area contributed by atoms with Gasteiger partial charge in [-0.25, -0.2) is 0 Å². The average molecular weight is 264 g/mol. The highest BCUT2D eigenvalue weighted by Gasteiger charge is 2.28. The van der Waals surface area contributed by atoms with Crippen molar-refractivity contribution in [2.75, 3.05) is 34.8 Å². The number of rotatable bonds is 1. The number of aliphatic hydroxyl groups excluding tert-OH is 1. The Kier molecular flexibility index (Phi) is 3.18. The van der Waals surface area contributed by atoms with E-state index >= 15 is 0 Å². The number of benzene rings is 1. The Morgan fingerprint density at radius 2 is 2.22 bits per heavy atom. The van der Waals surface area contributed by atoms with E-state index in [0.29, 0.717) is 5.56 Å². The third kappa shape index (κ3) is 2.08. The Morgan fingerprint density at radius 3 is 3.11 bits per heavy atom. The Labute approximate surface area is 110 Å². The predicted octanol–water partition coefficient (Wildman–Crippen LogP) is 1.62. The number of nitrogens with zero attached hydrogens (tertiary/aromatic N) is 1. The van der Waals surface area contributed by atoms with E-state index in [4.69, 9.17) is 0 Å². The molecule has 1 aromatic carbocycles. The molecule has 1 atom stereocenters. The summed E-state index contributed by atoms with van der Waals surface area (Å²) in [4.78, 5) is 13.7. The van der Waals surface area contributed by atoms with E-state index in [-0.39, 0.29) is 5.91 Å². The maximum absolute atomic E-state index is 11.4. The van der Waals surface area contributed by atoms with Gasteiger partial charge in [-0.15, -0.1) is 0 Å². The summed E-state index contributed by atoms with van der Waals surface area (Å²) in [6, 6.07) is 5.82. The van der Waals surface area contributed by atoms with Gasteiger partial charge in [-0.1, -0.05) is 6.07 Å². The van der Waals surface area contributed by atoms with Crippen LogP contribution in [0.1, 0.15) is 18.1 Å². The topological polar surface area (TPSA) is 52.6 Å². The van der Waals surface area contributed by atoms with Gasteiger partial charge in [0.1, 0.15) is 0 Å². The van der Waals surface area contributed by atoms with Gasteiger partial charge < -0.3 is 15.3 Å². The number of carbonyl (C=O) groups is 1. The van der Waals surface area contributed by atoms with Crippen LogP contribution in [0.4, 0.5) is 11.4 Å². The largest absolute Gasteiger partial charge is 0.378 e. The van der Waals surface area contributed by atoms with Crippen molar-refractivity contribution >= 4 is 29.0 Å². The lowest BCUT2D eigenvalue weighted by Crippen LogP contribution is -2.25. The number of nitrogens with one attached hydrogen (secondary N) is 1. The third-order valence-corrected chi connectivity index (χ3v) is 4.47. The van der Waals surface area contributed by atoms with Gasteiger partial charge in [0, 0.05) is 35.8 Å². The molecular formula is C13H16N2O2S. The van der Waals surface area contributed by atoms with Crippen LogP contribution in [-0.2, 0) is 4.79 Å². The molecule has 5 heteroatoms. The molecule has 1 unspecified atom stereocenters. The van der Waals surface area contributed by atoms with Gasteiger partial charge >= 0.3 is 0 Å². The van der Waals surface area contributed by atoms with Gasteiger partial charge in [0.2, 0.25) is 0 Å². The molecule has 96 valence electrons. The van der Waals surface area contributed by atoms with Crippen LogP contribution in [0, 0.1) is 0 Å². The molecule has 0 aliphatic carbocycles. The van der Waals surface area contributed by atoms with Crippen molar-refractivity contribution < 1.29 is 9.90 Å². The van der Waals surface area contributed by atoms with Gasteiger partial charge in [0.15, 0.2) is 6.10 Å². The van der Waals surface area contributed by atoms with E-state index < -0.39 is 6.10 Å². The molecule has 0 aromatic heterocycles. The minimum absolute atomic E-state index is 0.325. The van der Waals surface area contributed by atoms with Crippen molar-refractivity contribution in [3.05, 3.63) is 23.8 Å². The number of anilines is 2. The quantitative estimate of drug-likeness (QED) is 0.809. The molecule has 2 N–H and O–H groups in total. The lowest BCUT2D eigenvalue weighted by atomic mass is 10.1. The normalized spacial score (nSPS) is 23.5. The van der Waals surface area contributed by atoms with Crippen LogP contribution in [0.15, 0.2) is 18.2 Å². The third-order valence-electron chi connectivity index (χ3n) is 3.43. The first kappa shape index (κ1) is 11.9. The Balaban J connectivity index is 1.86. The standard InChI is InChI=1S/C13H16N2O2S/c16-12-10-3-2-9(8-11(10)14-13(12)17)15-4-1-6-18-7-5-15/h2-3,8,12,16H,1,4-7H2,(H,14,17). The Morgan fingerprint density at radius 1 is 1.33 bits per heavy atom. The smallest absolute Gasteiger partial charge is 0.257 e. The molecule has 3 rings (SSSR count). The van der Waals surface area contributed by atoms with Gasteiger partial charge in [-0.2, -0.15) is 11.8 Å². The minimum Gasteiger partial charge on any atom is -0.378 e. The monoisotopic (exact) mass is 264 g/mol. The second kappa shape index (κ2) is 4.82. The maximum atomic E-state index is 11.4. The highest BCUT2D eigenvalue weighted by molar-refractivity contribution is 7.99. The summed E-state index contributed by atoms with van der Waals surface area (Å²) >= 11 is 1.99. The van der Waals surface area contributed by atoms with E-state index in [1.165, 1.54) is 12.2 Å². The number of hydrogen-bond acceptors (Lipinski definition) is 4. The average Bonchev–Trinajstić information content (AvgIpc) is 2.61. The van der Waals surface area contributed by atoms with Crippen molar-refractivity contribution in [3.63, 3.8) is 0 Å². The van der Waals surface area contributed by atoms with Crippen LogP contribution in [0.2, 0.25) is 0 Å². The van der Waals surface area contributed by atoms with Crippen molar-refractivity contribution in [3.8, 4) is 0 Å². The van der Waals surface area contributed by atoms with E-state index in [1.54, 1.807) is 0 Å². The van der Waals surface area contributed by atoms with E-state index in [0.717, 1.165) is 30.2 Å². The first-order chi connectivity index (χ1) is 8.75. The molecule has 0 spiro atoms. The number of aliphatic hydroxyl groups is 1. The molecule has 2 aliphatic rings. The highest BCUT2D eigenvalue weighted by Crippen LogP contribution is 2.34. The number of carbonyl (C=O) groups excluding carboxylic acids is 1. The molecule has 4 nitrogen and oxygen atoms in total. The van der Waals surface area contributed by atoms with Crippen molar-refractivity contribution in [1.82, 2.24) is 0 Å². The van der Waals surface area contributed by atoms with Crippen LogP contribution in [-0.4, -0.2) is 35.6 Å². The summed E-state index contributed by atoms with van der Waals surface area (Å²) in [5, 5.41) is 12.4. The zero-order valence-corrected chi connectivity index (χ0v) is 10.9. The molecule has 1 fully saturated rings. The molecule has 1 saturated heterocycles. The lowest BCUT2D eigenvalue weighted by molar-refractivity contribution is -0.123. The molecule has 0 saturated carbocycles. The molecule has 18 heavy (non-hydrogen) atoms. The molecule has 0 bridgehead atoms. The second-order valence-electron chi connectivity index (χ2n) is 4.62. The van der Waals surface area contributed by atoms with Crippen molar-refractivity contribution in [2.24, 2.45) is 0 Å². The number of hydrogen-bond donors (Lipinski definition) is 2. The first-order valence-electron chi connectivity index (χ1n) is 6.21. The van der Waals surface area contributed by atoms with Gasteiger partial charge in [-0.05, 0) is 24.3 Å². The molecule has 1 amide bonds. The molecule has 1 aromatic rings. The SMILES string of the molecule is O=C1Nc2cc(N3CCCSCC3)ccc2C1O. The summed E-state index contributed by atoms with van der Waals surface area (Å²) in [6.07, 6.45) is 0.185. The van der Waals surface area contributed by atoms with Gasteiger partial charge in [0.05, 0.1) is 0 Å². The lowest BCUT2D eigenvalue weighted by Gasteiger charge is -2.22. The zero-order chi connectivity index (χ0) is 12.5. The second-order valence-corrected chi connectivity index (χ2v) is 5.84. The first-order valence-corrected chi connectivity index (χ1v) is 7.37. The van der Waals surface area contributed by atoms with Gasteiger partial charge in [0.25, 0.3) is 5.91 Å². The van der Waals surface area contributed by atoms with Crippen LogP contribution in [0.3, 0.4) is 0 Å². The summed E-state index contributed by atoms with van der Waals surface area (Å²) in [5.41, 5.74) is 2.57.